The molecule has 3 N–H and O–H groups in total. The number of carbonyl (C=O) groups is 1. The van der Waals surface area contributed by atoms with E-state index in [1.807, 2.05) is 19.1 Å². The lowest BCUT2D eigenvalue weighted by Crippen LogP contribution is -2.51. The molecule has 0 unspecified atom stereocenters. The fraction of sp³-hybridized carbons (Fsp3) is 0.300. The highest BCUT2D eigenvalue weighted by Gasteiger charge is 2.06. The Morgan fingerprint density at radius 3 is 2.31 bits per heavy atom. The van der Waals surface area contributed by atoms with Crippen molar-refractivity contribution in [2.24, 2.45) is 0 Å². The van der Waals surface area contributed by atoms with Crippen LogP contribution in [0.1, 0.15) is 28.9 Å². The quantitative estimate of drug-likeness (QED) is 0.684. The molecule has 0 heterocycles. The van der Waals surface area contributed by atoms with Crippen molar-refractivity contribution in [1.29, 1.82) is 0 Å². The summed E-state index contributed by atoms with van der Waals surface area (Å²) >= 11 is 0. The van der Waals surface area contributed by atoms with Crippen LogP contribution < -0.4 is 5.73 Å². The van der Waals surface area contributed by atoms with Crippen molar-refractivity contribution in [3.05, 3.63) is 35.4 Å². The molecule has 70 valence electrons. The van der Waals surface area contributed by atoms with Gasteiger partial charge in [0, 0.05) is 5.56 Å². The lowest BCUT2D eigenvalue weighted by molar-refractivity contribution is -0.420. The van der Waals surface area contributed by atoms with Gasteiger partial charge in [-0.2, -0.15) is 0 Å². The Kier molecular flexibility index (Phi) is 3.03. The Labute approximate surface area is 77.5 Å². The van der Waals surface area contributed by atoms with Crippen molar-refractivity contribution in [1.82, 2.24) is 0 Å². The first-order valence-electron chi connectivity index (χ1n) is 4.16. The summed E-state index contributed by atoms with van der Waals surface area (Å²) in [4.78, 5) is 11.1. The maximum Gasteiger partial charge on any atom is 0.337 e. The molecule has 1 aromatic rings. The Hall–Kier alpha value is -1.35. The van der Waals surface area contributed by atoms with E-state index in [4.69, 9.17) is 0 Å². The van der Waals surface area contributed by atoms with Gasteiger partial charge >= 0.3 is 5.97 Å². The number of rotatable bonds is 2. The molecule has 1 rings (SSSR count). The summed E-state index contributed by atoms with van der Waals surface area (Å²) < 4.78 is 4.58. The molecule has 0 aliphatic heterocycles. The minimum atomic E-state index is -0.303. The van der Waals surface area contributed by atoms with E-state index < -0.39 is 0 Å². The first kappa shape index (κ1) is 9.74. The summed E-state index contributed by atoms with van der Waals surface area (Å²) in [5.41, 5.74) is 5.58. The zero-order valence-electron chi connectivity index (χ0n) is 7.91. The molecule has 3 heteroatoms. The van der Waals surface area contributed by atoms with Crippen LogP contribution in [0.2, 0.25) is 0 Å². The molecule has 1 atom stereocenters. The van der Waals surface area contributed by atoms with Gasteiger partial charge in [-0.3, -0.25) is 0 Å². The van der Waals surface area contributed by atoms with Gasteiger partial charge < -0.3 is 10.5 Å². The Bertz CT molecular complexity index is 290. The Morgan fingerprint density at radius 2 is 1.92 bits per heavy atom. The minimum absolute atomic E-state index is 0.242. The first-order chi connectivity index (χ1) is 6.15. The molecule has 0 saturated heterocycles. The highest BCUT2D eigenvalue weighted by molar-refractivity contribution is 5.89. The largest absolute Gasteiger partial charge is 0.465 e. The van der Waals surface area contributed by atoms with Crippen molar-refractivity contribution in [2.45, 2.75) is 13.0 Å². The topological polar surface area (TPSA) is 53.9 Å². The SMILES string of the molecule is COC(=O)c1ccc([C@H](C)[NH3+])cc1. The Balaban J connectivity index is 2.87. The fourth-order valence-corrected chi connectivity index (χ4v) is 1.07. The summed E-state index contributed by atoms with van der Waals surface area (Å²) in [7, 11) is 1.38. The molecule has 0 amide bonds. The number of methoxy groups -OCH3 is 1. The van der Waals surface area contributed by atoms with E-state index in [-0.39, 0.29) is 12.0 Å². The molecule has 3 nitrogen and oxygen atoms in total. The smallest absolute Gasteiger partial charge is 0.337 e. The molecule has 0 radical (unpaired) electrons. The van der Waals surface area contributed by atoms with Gasteiger partial charge in [-0.25, -0.2) is 4.79 Å². The van der Waals surface area contributed by atoms with Gasteiger partial charge in [0.2, 0.25) is 0 Å². The van der Waals surface area contributed by atoms with E-state index >= 15 is 0 Å². The van der Waals surface area contributed by atoms with Crippen molar-refractivity contribution in [3.63, 3.8) is 0 Å². The van der Waals surface area contributed by atoms with Gasteiger partial charge in [-0.15, -0.1) is 0 Å². The average Bonchev–Trinajstić information content (AvgIpc) is 2.17. The molecule has 0 aromatic heterocycles. The van der Waals surface area contributed by atoms with Crippen molar-refractivity contribution in [2.75, 3.05) is 7.11 Å². The first-order valence-corrected chi connectivity index (χ1v) is 4.16. The van der Waals surface area contributed by atoms with Crippen LogP contribution in [0.5, 0.6) is 0 Å². The Morgan fingerprint density at radius 1 is 1.38 bits per heavy atom. The third-order valence-electron chi connectivity index (χ3n) is 1.90. The number of quaternary nitrogens is 1. The molecular weight excluding hydrogens is 166 g/mol. The third-order valence-corrected chi connectivity index (χ3v) is 1.90. The number of benzene rings is 1. The summed E-state index contributed by atoms with van der Waals surface area (Å²) in [6.45, 7) is 2.01. The molecule has 0 spiro atoms. The van der Waals surface area contributed by atoms with Gasteiger partial charge in [-0.1, -0.05) is 12.1 Å². The normalized spacial score (nSPS) is 12.2. The van der Waals surface area contributed by atoms with E-state index in [0.29, 0.717) is 5.56 Å². The third kappa shape index (κ3) is 2.29. The second-order valence-electron chi connectivity index (χ2n) is 3.01. The second kappa shape index (κ2) is 4.05. The highest BCUT2D eigenvalue weighted by Crippen LogP contribution is 2.09. The summed E-state index contributed by atoms with van der Waals surface area (Å²) in [5.74, 6) is -0.303. The molecule has 0 aliphatic carbocycles. The van der Waals surface area contributed by atoms with Gasteiger partial charge in [-0.05, 0) is 19.1 Å². The van der Waals surface area contributed by atoms with Crippen molar-refractivity contribution < 1.29 is 15.3 Å². The molecular formula is C10H14NO2+. The van der Waals surface area contributed by atoms with Crippen LogP contribution in [0, 0.1) is 0 Å². The van der Waals surface area contributed by atoms with Gasteiger partial charge in [0.1, 0.15) is 6.04 Å². The van der Waals surface area contributed by atoms with Crippen molar-refractivity contribution >= 4 is 5.97 Å². The van der Waals surface area contributed by atoms with Crippen LogP contribution in [-0.4, -0.2) is 13.1 Å². The van der Waals surface area contributed by atoms with Crippen LogP contribution in [0.3, 0.4) is 0 Å². The van der Waals surface area contributed by atoms with E-state index in [1.54, 1.807) is 12.1 Å². The lowest BCUT2D eigenvalue weighted by atomic mass is 10.1. The predicted molar refractivity (Wildman–Crippen MR) is 49.1 cm³/mol. The maximum atomic E-state index is 11.1. The number of ether oxygens (including phenoxy) is 1. The minimum Gasteiger partial charge on any atom is -0.465 e. The molecule has 0 fully saturated rings. The van der Waals surface area contributed by atoms with Gasteiger partial charge in [0.25, 0.3) is 0 Å². The zero-order chi connectivity index (χ0) is 9.84. The molecule has 0 aliphatic rings. The monoisotopic (exact) mass is 180 g/mol. The number of esters is 1. The van der Waals surface area contributed by atoms with Crippen LogP contribution >= 0.6 is 0 Å². The van der Waals surface area contributed by atoms with Gasteiger partial charge in [0.05, 0.1) is 12.7 Å². The van der Waals surface area contributed by atoms with Crippen LogP contribution in [0.25, 0.3) is 0 Å². The molecule has 1 aromatic carbocycles. The van der Waals surface area contributed by atoms with E-state index in [9.17, 15) is 4.79 Å². The van der Waals surface area contributed by atoms with E-state index in [0.717, 1.165) is 5.56 Å². The number of hydrogen-bond donors (Lipinski definition) is 1. The molecule has 0 saturated carbocycles. The molecule has 0 bridgehead atoms. The van der Waals surface area contributed by atoms with E-state index in [2.05, 4.69) is 10.5 Å². The van der Waals surface area contributed by atoms with Crippen molar-refractivity contribution in [3.8, 4) is 0 Å². The van der Waals surface area contributed by atoms with Crippen LogP contribution in [0.4, 0.5) is 0 Å². The average molecular weight is 180 g/mol. The summed E-state index contributed by atoms with van der Waals surface area (Å²) in [5, 5.41) is 0. The highest BCUT2D eigenvalue weighted by atomic mass is 16.5. The number of hydrogen-bond acceptors (Lipinski definition) is 2. The number of carbonyl (C=O) groups excluding carboxylic acids is 1. The van der Waals surface area contributed by atoms with Crippen LogP contribution in [-0.2, 0) is 4.74 Å². The lowest BCUT2D eigenvalue weighted by Gasteiger charge is -2.03. The standard InChI is InChI=1S/C10H13NO2/c1-7(11)8-3-5-9(6-4-8)10(12)13-2/h3-7H,11H2,1-2H3/p+1/t7-/m0/s1. The van der Waals surface area contributed by atoms with Gasteiger partial charge in [0.15, 0.2) is 0 Å². The summed E-state index contributed by atoms with van der Waals surface area (Å²) in [6.07, 6.45) is 0. The fourth-order valence-electron chi connectivity index (χ4n) is 1.07. The zero-order valence-corrected chi connectivity index (χ0v) is 7.91. The van der Waals surface area contributed by atoms with E-state index in [1.165, 1.54) is 7.11 Å². The predicted octanol–water partition coefficient (Wildman–Crippen LogP) is 0.776. The molecule has 13 heavy (non-hydrogen) atoms. The maximum absolute atomic E-state index is 11.1. The van der Waals surface area contributed by atoms with Crippen LogP contribution in [0.15, 0.2) is 24.3 Å². The summed E-state index contributed by atoms with van der Waals surface area (Å²) in [6, 6.07) is 7.53. The second-order valence-corrected chi connectivity index (χ2v) is 3.01.